The van der Waals surface area contributed by atoms with Crippen molar-refractivity contribution in [1.29, 1.82) is 0 Å². The first-order chi connectivity index (χ1) is 12.4. The average Bonchev–Trinajstić information content (AvgIpc) is 2.98. The predicted molar refractivity (Wildman–Crippen MR) is 93.4 cm³/mol. The summed E-state index contributed by atoms with van der Waals surface area (Å²) in [5.74, 6) is -0.600. The Morgan fingerprint density at radius 1 is 1.42 bits per heavy atom. The third-order valence-corrected chi connectivity index (χ3v) is 4.65. The molecule has 1 aliphatic rings. The molecule has 0 saturated carbocycles. The highest BCUT2D eigenvalue weighted by molar-refractivity contribution is 5.89. The summed E-state index contributed by atoms with van der Waals surface area (Å²) in [5, 5.41) is 21.0. The van der Waals surface area contributed by atoms with Crippen LogP contribution in [0.1, 0.15) is 27.3 Å². The van der Waals surface area contributed by atoms with Crippen molar-refractivity contribution < 1.29 is 14.8 Å². The molecule has 26 heavy (non-hydrogen) atoms. The number of benzene rings is 1. The SMILES string of the molecule is Cc1nc(N2CCc3[nH]c4ccc([N+](=O)[O-])cc4c3C2)ncc1C(=O)O. The van der Waals surface area contributed by atoms with Gasteiger partial charge in [-0.1, -0.05) is 0 Å². The van der Waals surface area contributed by atoms with Gasteiger partial charge in [-0.2, -0.15) is 0 Å². The molecule has 4 rings (SSSR count). The van der Waals surface area contributed by atoms with Crippen molar-refractivity contribution >= 4 is 28.5 Å². The van der Waals surface area contributed by atoms with Crippen molar-refractivity contribution in [3.05, 3.63) is 57.0 Å². The molecule has 0 bridgehead atoms. The van der Waals surface area contributed by atoms with Gasteiger partial charge >= 0.3 is 5.97 Å². The van der Waals surface area contributed by atoms with Crippen molar-refractivity contribution in [2.75, 3.05) is 11.4 Å². The van der Waals surface area contributed by atoms with E-state index in [2.05, 4.69) is 15.0 Å². The van der Waals surface area contributed by atoms with Crippen LogP contribution < -0.4 is 4.90 Å². The molecule has 0 radical (unpaired) electrons. The molecule has 2 aromatic heterocycles. The molecule has 3 heterocycles. The Balaban J connectivity index is 1.72. The standard InChI is InChI=1S/C17H15N5O4/c1-9-12(16(23)24)7-18-17(19-9)21-5-4-15-13(8-21)11-6-10(22(25)26)2-3-14(11)20-15/h2-3,6-7,20H,4-5,8H2,1H3,(H,23,24). The Bertz CT molecular complexity index is 1060. The van der Waals surface area contributed by atoms with E-state index in [1.54, 1.807) is 19.1 Å². The lowest BCUT2D eigenvalue weighted by molar-refractivity contribution is -0.384. The minimum atomic E-state index is -1.06. The van der Waals surface area contributed by atoms with Gasteiger partial charge in [-0.15, -0.1) is 0 Å². The Kier molecular flexibility index (Phi) is 3.57. The molecule has 132 valence electrons. The van der Waals surface area contributed by atoms with E-state index in [0.717, 1.165) is 28.6 Å². The molecular formula is C17H15N5O4. The summed E-state index contributed by atoms with van der Waals surface area (Å²) in [4.78, 5) is 35.5. The number of aromatic nitrogens is 3. The van der Waals surface area contributed by atoms with Crippen LogP contribution in [0.5, 0.6) is 0 Å². The Hall–Kier alpha value is -3.49. The number of hydrogen-bond donors (Lipinski definition) is 2. The number of non-ortho nitro benzene ring substituents is 1. The van der Waals surface area contributed by atoms with Crippen molar-refractivity contribution in [1.82, 2.24) is 15.0 Å². The lowest BCUT2D eigenvalue weighted by atomic mass is 10.0. The van der Waals surface area contributed by atoms with Crippen LogP contribution in [0, 0.1) is 17.0 Å². The molecule has 9 nitrogen and oxygen atoms in total. The summed E-state index contributed by atoms with van der Waals surface area (Å²) in [6.45, 7) is 2.81. The van der Waals surface area contributed by atoms with Crippen LogP contribution in [-0.2, 0) is 13.0 Å². The highest BCUT2D eigenvalue weighted by atomic mass is 16.6. The molecule has 0 saturated heterocycles. The van der Waals surface area contributed by atoms with Crippen LogP contribution in [0.25, 0.3) is 10.9 Å². The second kappa shape index (κ2) is 5.80. The maximum atomic E-state index is 11.1. The Morgan fingerprint density at radius 2 is 2.23 bits per heavy atom. The van der Waals surface area contributed by atoms with Gasteiger partial charge in [0, 0.05) is 60.0 Å². The van der Waals surface area contributed by atoms with Crippen LogP contribution in [0.15, 0.2) is 24.4 Å². The molecule has 1 aliphatic heterocycles. The largest absolute Gasteiger partial charge is 0.478 e. The van der Waals surface area contributed by atoms with Crippen LogP contribution in [0.4, 0.5) is 11.6 Å². The number of carbonyl (C=O) groups is 1. The van der Waals surface area contributed by atoms with Crippen LogP contribution in [0.2, 0.25) is 0 Å². The Morgan fingerprint density at radius 3 is 2.92 bits per heavy atom. The number of fused-ring (bicyclic) bond motifs is 3. The number of aryl methyl sites for hydroxylation is 1. The first-order valence-corrected chi connectivity index (χ1v) is 8.04. The van der Waals surface area contributed by atoms with Gasteiger partial charge in [0.15, 0.2) is 0 Å². The highest BCUT2D eigenvalue weighted by Gasteiger charge is 2.24. The number of rotatable bonds is 3. The highest BCUT2D eigenvalue weighted by Crippen LogP contribution is 2.31. The minimum absolute atomic E-state index is 0.0503. The normalized spacial score (nSPS) is 13.7. The Labute approximate surface area is 147 Å². The average molecular weight is 353 g/mol. The summed E-state index contributed by atoms with van der Waals surface area (Å²) in [7, 11) is 0. The number of aromatic carboxylic acids is 1. The van der Waals surface area contributed by atoms with Gasteiger partial charge in [-0.25, -0.2) is 14.8 Å². The lowest BCUT2D eigenvalue weighted by Crippen LogP contribution is -2.31. The van der Waals surface area contributed by atoms with Gasteiger partial charge < -0.3 is 15.0 Å². The van der Waals surface area contributed by atoms with E-state index in [1.165, 1.54) is 12.3 Å². The van der Waals surface area contributed by atoms with Crippen molar-refractivity contribution in [3.8, 4) is 0 Å². The van der Waals surface area contributed by atoms with E-state index in [-0.39, 0.29) is 11.3 Å². The summed E-state index contributed by atoms with van der Waals surface area (Å²) < 4.78 is 0. The smallest absolute Gasteiger partial charge is 0.339 e. The third-order valence-electron chi connectivity index (χ3n) is 4.65. The van der Waals surface area contributed by atoms with Gasteiger partial charge in [0.2, 0.25) is 5.95 Å². The fraction of sp³-hybridized carbons (Fsp3) is 0.235. The fourth-order valence-electron chi connectivity index (χ4n) is 3.30. The van der Waals surface area contributed by atoms with Gasteiger partial charge in [-0.3, -0.25) is 10.1 Å². The summed E-state index contributed by atoms with van der Waals surface area (Å²) in [5.41, 5.74) is 3.43. The van der Waals surface area contributed by atoms with Crippen molar-refractivity contribution in [2.45, 2.75) is 19.9 Å². The maximum Gasteiger partial charge on any atom is 0.339 e. The molecule has 0 spiro atoms. The zero-order valence-electron chi connectivity index (χ0n) is 13.9. The first kappa shape index (κ1) is 16.0. The maximum absolute atomic E-state index is 11.1. The summed E-state index contributed by atoms with van der Waals surface area (Å²) in [6.07, 6.45) is 2.04. The van der Waals surface area contributed by atoms with Crippen molar-refractivity contribution in [3.63, 3.8) is 0 Å². The molecule has 2 N–H and O–H groups in total. The van der Waals surface area contributed by atoms with E-state index in [0.29, 0.717) is 24.7 Å². The van der Waals surface area contributed by atoms with E-state index in [1.807, 2.05) is 4.90 Å². The van der Waals surface area contributed by atoms with Crippen LogP contribution in [-0.4, -0.2) is 37.5 Å². The number of nitrogens with one attached hydrogen (secondary N) is 1. The third kappa shape index (κ3) is 2.53. The molecular weight excluding hydrogens is 338 g/mol. The van der Waals surface area contributed by atoms with E-state index in [4.69, 9.17) is 5.11 Å². The zero-order valence-corrected chi connectivity index (χ0v) is 13.9. The second-order valence-electron chi connectivity index (χ2n) is 6.21. The number of anilines is 1. The molecule has 0 fully saturated rings. The summed E-state index contributed by atoms with van der Waals surface area (Å²) in [6, 6.07) is 4.78. The van der Waals surface area contributed by atoms with E-state index in [9.17, 15) is 14.9 Å². The summed E-state index contributed by atoms with van der Waals surface area (Å²) >= 11 is 0. The predicted octanol–water partition coefficient (Wildman–Crippen LogP) is 2.44. The number of nitro benzene ring substituents is 1. The number of H-pyrrole nitrogens is 1. The number of hydrogen-bond acceptors (Lipinski definition) is 6. The van der Waals surface area contributed by atoms with E-state index >= 15 is 0 Å². The number of nitrogens with zero attached hydrogens (tertiary/aromatic N) is 4. The van der Waals surface area contributed by atoms with Crippen LogP contribution in [0.3, 0.4) is 0 Å². The number of nitro groups is 1. The van der Waals surface area contributed by atoms with Gasteiger partial charge in [0.1, 0.15) is 0 Å². The number of carboxylic acid groups (broad SMARTS) is 1. The minimum Gasteiger partial charge on any atom is -0.478 e. The van der Waals surface area contributed by atoms with Gasteiger partial charge in [-0.05, 0) is 13.0 Å². The van der Waals surface area contributed by atoms with Crippen LogP contribution >= 0.6 is 0 Å². The monoisotopic (exact) mass is 353 g/mol. The van der Waals surface area contributed by atoms with E-state index < -0.39 is 10.9 Å². The fourth-order valence-corrected chi connectivity index (χ4v) is 3.30. The molecule has 0 amide bonds. The quantitative estimate of drug-likeness (QED) is 0.547. The molecule has 1 aromatic carbocycles. The number of aromatic amines is 1. The van der Waals surface area contributed by atoms with Gasteiger partial charge in [0.25, 0.3) is 5.69 Å². The van der Waals surface area contributed by atoms with Crippen molar-refractivity contribution in [2.24, 2.45) is 0 Å². The lowest BCUT2D eigenvalue weighted by Gasteiger charge is -2.27. The molecule has 0 unspecified atom stereocenters. The molecule has 9 heteroatoms. The molecule has 3 aromatic rings. The molecule has 0 aliphatic carbocycles. The number of carboxylic acids is 1. The molecule has 0 atom stereocenters. The first-order valence-electron chi connectivity index (χ1n) is 8.04. The zero-order chi connectivity index (χ0) is 18.4. The second-order valence-corrected chi connectivity index (χ2v) is 6.21. The van der Waals surface area contributed by atoms with Gasteiger partial charge in [0.05, 0.1) is 16.2 Å². The topological polar surface area (TPSA) is 125 Å².